The number of methoxy groups -OCH3 is 2. The van der Waals surface area contributed by atoms with E-state index in [-0.39, 0.29) is 5.69 Å². The van der Waals surface area contributed by atoms with Crippen molar-refractivity contribution in [1.29, 1.82) is 0 Å². The van der Waals surface area contributed by atoms with Crippen molar-refractivity contribution < 1.29 is 24.3 Å². The van der Waals surface area contributed by atoms with Crippen molar-refractivity contribution in [3.05, 3.63) is 64.2 Å². The molecule has 0 unspecified atom stereocenters. The number of hydrogen-bond donors (Lipinski definition) is 1. The molecule has 8 heteroatoms. The van der Waals surface area contributed by atoms with Gasteiger partial charge in [0.15, 0.2) is 6.10 Å². The molecular weight excluding hydrogens is 346 g/mol. The Morgan fingerprint density at radius 3 is 2.36 bits per heavy atom. The molecule has 0 saturated carbocycles. The number of rotatable bonds is 7. The first kappa shape index (κ1) is 18.8. The minimum Gasteiger partial charge on any atom is -0.497 e. The maximum atomic E-state index is 11.8. The summed E-state index contributed by atoms with van der Waals surface area (Å²) in [4.78, 5) is 22.9. The predicted octanol–water partition coefficient (Wildman–Crippen LogP) is 2.97. The molecule has 0 amide bonds. The van der Waals surface area contributed by atoms with E-state index in [0.717, 1.165) is 11.8 Å². The molecule has 2 rings (SSSR count). The number of nitro benzene ring substituents is 1. The molecule has 2 aromatic rings. The number of nitro groups is 1. The third-order valence-electron chi connectivity index (χ3n) is 3.49. The summed E-state index contributed by atoms with van der Waals surface area (Å²) in [5.41, 5.74) is 0.518. The van der Waals surface area contributed by atoms with Gasteiger partial charge in [-0.3, -0.25) is 10.1 Å². The van der Waals surface area contributed by atoms with Crippen molar-refractivity contribution >= 4 is 23.4 Å². The number of aliphatic hydroxyl groups is 1. The predicted molar refractivity (Wildman–Crippen MR) is 92.7 cm³/mol. The number of aliphatic hydroxyl groups excluding tert-OH is 1. The third kappa shape index (κ3) is 4.49. The molecule has 0 aromatic heterocycles. The van der Waals surface area contributed by atoms with Gasteiger partial charge in [-0.05, 0) is 23.8 Å². The fourth-order valence-electron chi connectivity index (χ4n) is 2.20. The molecule has 0 aliphatic heterocycles. The zero-order valence-electron chi connectivity index (χ0n) is 13.6. The van der Waals surface area contributed by atoms with E-state index in [1.807, 2.05) is 0 Å². The van der Waals surface area contributed by atoms with Gasteiger partial charge in [0.1, 0.15) is 5.75 Å². The first-order valence-corrected chi connectivity index (χ1v) is 8.15. The fraction of sp³-hybridized carbons (Fsp3) is 0.235. The van der Waals surface area contributed by atoms with Gasteiger partial charge >= 0.3 is 5.97 Å². The highest BCUT2D eigenvalue weighted by atomic mass is 32.2. The molecule has 0 fully saturated rings. The van der Waals surface area contributed by atoms with E-state index in [1.165, 1.54) is 20.3 Å². The lowest BCUT2D eigenvalue weighted by molar-refractivity contribution is -0.387. The lowest BCUT2D eigenvalue weighted by atomic mass is 10.1. The summed E-state index contributed by atoms with van der Waals surface area (Å²) in [7, 11) is 2.70. The van der Waals surface area contributed by atoms with Crippen LogP contribution < -0.4 is 4.74 Å². The summed E-state index contributed by atoms with van der Waals surface area (Å²) in [6.07, 6.45) is -1.48. The van der Waals surface area contributed by atoms with E-state index >= 15 is 0 Å². The standard InChI is InChI=1S/C17H17NO6S/c1-23-12-9-7-11(8-10-12)16(15(19)17(20)24-2)25-14-6-4-3-5-13(14)18(21)22/h3-10,15-16,19H,1-2H3/t15-,16+/m1/s1. The highest BCUT2D eigenvalue weighted by molar-refractivity contribution is 7.99. The van der Waals surface area contributed by atoms with E-state index in [4.69, 9.17) is 4.74 Å². The molecule has 25 heavy (non-hydrogen) atoms. The molecule has 0 radical (unpaired) electrons. The van der Waals surface area contributed by atoms with Crippen molar-refractivity contribution in [2.45, 2.75) is 16.2 Å². The molecule has 1 N–H and O–H groups in total. The van der Waals surface area contributed by atoms with E-state index in [2.05, 4.69) is 4.74 Å². The summed E-state index contributed by atoms with van der Waals surface area (Å²) < 4.78 is 9.71. The number of hydrogen-bond acceptors (Lipinski definition) is 7. The highest BCUT2D eigenvalue weighted by Crippen LogP contribution is 2.42. The maximum absolute atomic E-state index is 11.8. The SMILES string of the molecule is COC(=O)[C@H](O)[C@@H](Sc1ccccc1[N+](=O)[O-])c1ccc(OC)cc1. The van der Waals surface area contributed by atoms with Crippen LogP contribution in [-0.2, 0) is 9.53 Å². The van der Waals surface area contributed by atoms with Crippen molar-refractivity contribution in [3.63, 3.8) is 0 Å². The Morgan fingerprint density at radius 2 is 1.80 bits per heavy atom. The molecule has 0 aliphatic carbocycles. The summed E-state index contributed by atoms with van der Waals surface area (Å²) in [5.74, 6) is -0.197. The molecule has 0 saturated heterocycles. The van der Waals surface area contributed by atoms with Gasteiger partial charge in [-0.1, -0.05) is 24.3 Å². The van der Waals surface area contributed by atoms with Crippen LogP contribution in [0.25, 0.3) is 0 Å². The van der Waals surface area contributed by atoms with Crippen LogP contribution in [0.5, 0.6) is 5.75 Å². The Balaban J connectivity index is 2.41. The largest absolute Gasteiger partial charge is 0.497 e. The molecule has 7 nitrogen and oxygen atoms in total. The summed E-state index contributed by atoms with van der Waals surface area (Å²) in [5, 5.41) is 20.8. The zero-order valence-corrected chi connectivity index (χ0v) is 14.4. The summed E-state index contributed by atoms with van der Waals surface area (Å²) in [6.45, 7) is 0. The number of thioether (sulfide) groups is 1. The highest BCUT2D eigenvalue weighted by Gasteiger charge is 2.31. The van der Waals surface area contributed by atoms with E-state index in [9.17, 15) is 20.0 Å². The number of esters is 1. The number of nitrogens with zero attached hydrogens (tertiary/aromatic N) is 1. The zero-order chi connectivity index (χ0) is 18.4. The first-order valence-electron chi connectivity index (χ1n) is 7.28. The second-order valence-corrected chi connectivity index (χ2v) is 6.19. The van der Waals surface area contributed by atoms with Crippen LogP contribution in [0.15, 0.2) is 53.4 Å². The fourth-order valence-corrected chi connectivity index (χ4v) is 3.42. The number of benzene rings is 2. The lowest BCUT2D eigenvalue weighted by Crippen LogP contribution is -2.27. The van der Waals surface area contributed by atoms with Crippen LogP contribution in [0.4, 0.5) is 5.69 Å². The van der Waals surface area contributed by atoms with Crippen molar-refractivity contribution in [2.24, 2.45) is 0 Å². The van der Waals surface area contributed by atoms with Crippen LogP contribution in [0.1, 0.15) is 10.8 Å². The quantitative estimate of drug-likeness (QED) is 0.349. The number of carbonyl (C=O) groups excluding carboxylic acids is 1. The average molecular weight is 363 g/mol. The van der Waals surface area contributed by atoms with Crippen LogP contribution in [0, 0.1) is 10.1 Å². The lowest BCUT2D eigenvalue weighted by Gasteiger charge is -2.21. The van der Waals surface area contributed by atoms with Gasteiger partial charge in [0.2, 0.25) is 0 Å². The molecule has 0 aliphatic rings. The summed E-state index contributed by atoms with van der Waals surface area (Å²) in [6, 6.07) is 12.9. The van der Waals surface area contributed by atoms with Crippen LogP contribution in [0.3, 0.4) is 0 Å². The number of carbonyl (C=O) groups is 1. The van der Waals surface area contributed by atoms with E-state index in [1.54, 1.807) is 42.5 Å². The van der Waals surface area contributed by atoms with Gasteiger partial charge in [-0.25, -0.2) is 4.79 Å². The molecule has 0 heterocycles. The third-order valence-corrected chi connectivity index (χ3v) is 4.87. The van der Waals surface area contributed by atoms with Crippen molar-refractivity contribution in [2.75, 3.05) is 14.2 Å². The molecule has 2 aromatic carbocycles. The second-order valence-electron chi connectivity index (χ2n) is 5.00. The Labute approximate surface area is 148 Å². The topological polar surface area (TPSA) is 98.9 Å². The smallest absolute Gasteiger partial charge is 0.336 e. The van der Waals surface area contributed by atoms with Crippen molar-refractivity contribution in [3.8, 4) is 5.75 Å². The van der Waals surface area contributed by atoms with Gasteiger partial charge in [0, 0.05) is 6.07 Å². The average Bonchev–Trinajstić information content (AvgIpc) is 2.65. The van der Waals surface area contributed by atoms with E-state index < -0.39 is 22.2 Å². The Bertz CT molecular complexity index is 749. The number of ether oxygens (including phenoxy) is 2. The number of para-hydroxylation sites is 1. The minimum atomic E-state index is -1.48. The van der Waals surface area contributed by atoms with E-state index in [0.29, 0.717) is 16.2 Å². The maximum Gasteiger partial charge on any atom is 0.336 e. The Kier molecular flexibility index (Phi) is 6.37. The minimum absolute atomic E-state index is 0.0944. The molecule has 2 atom stereocenters. The monoisotopic (exact) mass is 363 g/mol. The van der Waals surface area contributed by atoms with Gasteiger partial charge in [-0.2, -0.15) is 0 Å². The second kappa shape index (κ2) is 8.50. The Morgan fingerprint density at radius 1 is 1.16 bits per heavy atom. The molecule has 0 spiro atoms. The van der Waals surface area contributed by atoms with Crippen LogP contribution >= 0.6 is 11.8 Å². The van der Waals surface area contributed by atoms with Gasteiger partial charge in [0.25, 0.3) is 5.69 Å². The van der Waals surface area contributed by atoms with Crippen LogP contribution in [-0.4, -0.2) is 36.3 Å². The summed E-state index contributed by atoms with van der Waals surface area (Å²) >= 11 is 1.03. The van der Waals surface area contributed by atoms with Gasteiger partial charge in [0.05, 0.1) is 29.3 Å². The van der Waals surface area contributed by atoms with Gasteiger partial charge in [-0.15, -0.1) is 11.8 Å². The van der Waals surface area contributed by atoms with Gasteiger partial charge < -0.3 is 14.6 Å². The molecular formula is C17H17NO6S. The molecule has 0 bridgehead atoms. The van der Waals surface area contributed by atoms with Crippen molar-refractivity contribution in [1.82, 2.24) is 0 Å². The van der Waals surface area contributed by atoms with Crippen LogP contribution in [0.2, 0.25) is 0 Å². The Hall–Kier alpha value is -2.58. The first-order chi connectivity index (χ1) is 12.0. The molecule has 132 valence electrons. The normalized spacial score (nSPS) is 12.9.